The van der Waals surface area contributed by atoms with Crippen LogP contribution in [0.5, 0.6) is 5.75 Å². The van der Waals surface area contributed by atoms with Gasteiger partial charge in [0, 0.05) is 5.92 Å². The zero-order valence-corrected chi connectivity index (χ0v) is 11.3. The fraction of sp³-hybridized carbons (Fsp3) is 0.647. The van der Waals surface area contributed by atoms with Crippen LogP contribution in [-0.4, -0.2) is 16.3 Å². The van der Waals surface area contributed by atoms with E-state index in [0.717, 1.165) is 24.7 Å². The van der Waals surface area contributed by atoms with Crippen molar-refractivity contribution in [3.05, 3.63) is 29.3 Å². The van der Waals surface area contributed by atoms with E-state index in [1.165, 1.54) is 36.8 Å². The average Bonchev–Trinajstić information content (AvgIpc) is 2.86. The molecule has 2 fully saturated rings. The molecule has 2 saturated carbocycles. The van der Waals surface area contributed by atoms with Crippen molar-refractivity contribution in [3.63, 3.8) is 0 Å². The van der Waals surface area contributed by atoms with Crippen molar-refractivity contribution in [2.45, 2.75) is 50.5 Å². The Labute approximate surface area is 114 Å². The van der Waals surface area contributed by atoms with Crippen LogP contribution in [0.4, 0.5) is 0 Å². The van der Waals surface area contributed by atoms with E-state index in [9.17, 15) is 10.2 Å². The van der Waals surface area contributed by atoms with Crippen LogP contribution in [0.25, 0.3) is 0 Å². The molecule has 0 heterocycles. The van der Waals surface area contributed by atoms with Gasteiger partial charge in [0.2, 0.25) is 0 Å². The maximum atomic E-state index is 10.6. The molecule has 2 heteroatoms. The van der Waals surface area contributed by atoms with Crippen LogP contribution < -0.4 is 0 Å². The lowest BCUT2D eigenvalue weighted by Gasteiger charge is -2.46. The maximum absolute atomic E-state index is 10.6. The normalized spacial score (nSPS) is 40.4. The van der Waals surface area contributed by atoms with Gasteiger partial charge in [-0.15, -0.1) is 0 Å². The second-order valence-electron chi connectivity index (χ2n) is 6.77. The Balaban J connectivity index is 1.75. The summed E-state index contributed by atoms with van der Waals surface area (Å²) in [6.07, 6.45) is 7.13. The number of phenols is 1. The van der Waals surface area contributed by atoms with Gasteiger partial charge in [-0.1, -0.05) is 18.9 Å². The fourth-order valence-electron chi connectivity index (χ4n) is 5.22. The van der Waals surface area contributed by atoms with Crippen molar-refractivity contribution < 1.29 is 10.2 Å². The Morgan fingerprint density at radius 2 is 1.95 bits per heavy atom. The van der Waals surface area contributed by atoms with Gasteiger partial charge in [-0.05, 0) is 66.7 Å². The minimum absolute atomic E-state index is 0.173. The van der Waals surface area contributed by atoms with Crippen molar-refractivity contribution in [2.24, 2.45) is 17.8 Å². The quantitative estimate of drug-likeness (QED) is 0.750. The number of aliphatic hydroxyl groups excluding tert-OH is 1. The summed E-state index contributed by atoms with van der Waals surface area (Å²) in [5.41, 5.74) is 2.57. The average molecular weight is 258 g/mol. The minimum Gasteiger partial charge on any atom is -0.508 e. The molecule has 3 aliphatic rings. The lowest BCUT2D eigenvalue weighted by atomic mass is 9.60. The highest BCUT2D eigenvalue weighted by Gasteiger charge is 2.47. The van der Waals surface area contributed by atoms with Crippen LogP contribution in [0.15, 0.2) is 18.2 Å². The van der Waals surface area contributed by atoms with Gasteiger partial charge in [0.15, 0.2) is 0 Å². The molecular formula is C17H22O2. The zero-order valence-electron chi connectivity index (χ0n) is 11.3. The molecule has 2 N–H and O–H groups in total. The van der Waals surface area contributed by atoms with E-state index in [1.807, 2.05) is 6.07 Å². The fourth-order valence-corrected chi connectivity index (χ4v) is 5.22. The molecule has 0 amide bonds. The lowest BCUT2D eigenvalue weighted by molar-refractivity contribution is 0.00738. The number of benzene rings is 1. The molecule has 0 aromatic heterocycles. The summed E-state index contributed by atoms with van der Waals surface area (Å²) in [4.78, 5) is 0. The molecule has 0 saturated heterocycles. The summed E-state index contributed by atoms with van der Waals surface area (Å²) in [6.45, 7) is 0. The van der Waals surface area contributed by atoms with Crippen LogP contribution in [0, 0.1) is 17.8 Å². The molecule has 0 aliphatic heterocycles. The lowest BCUT2D eigenvalue weighted by Crippen LogP contribution is -2.42. The predicted octanol–water partition coefficient (Wildman–Crippen LogP) is 3.22. The number of phenolic OH excluding ortho intramolecular Hbond substituents is 1. The van der Waals surface area contributed by atoms with Crippen molar-refractivity contribution in [1.29, 1.82) is 0 Å². The molecule has 4 rings (SSSR count). The summed E-state index contributed by atoms with van der Waals surface area (Å²) in [7, 11) is 0. The third kappa shape index (κ3) is 1.73. The number of aromatic hydroxyl groups is 1. The first-order valence-electron chi connectivity index (χ1n) is 7.74. The standard InChI is InChI=1S/C17H22O2/c18-12-5-7-14-11(8-12)4-6-15-13-3-1-2-10(13)9-16(19)17(14)15/h5,7-8,10,13,15-19H,1-4,6,9H2. The van der Waals surface area contributed by atoms with Gasteiger partial charge in [-0.2, -0.15) is 0 Å². The summed E-state index contributed by atoms with van der Waals surface area (Å²) >= 11 is 0. The second-order valence-corrected chi connectivity index (χ2v) is 6.77. The molecule has 0 radical (unpaired) electrons. The topological polar surface area (TPSA) is 40.5 Å². The van der Waals surface area contributed by atoms with Gasteiger partial charge in [0.05, 0.1) is 6.10 Å². The van der Waals surface area contributed by atoms with E-state index in [4.69, 9.17) is 0 Å². The molecule has 19 heavy (non-hydrogen) atoms. The number of hydrogen-bond donors (Lipinski definition) is 2. The molecule has 5 atom stereocenters. The number of aliphatic hydroxyl groups is 1. The second kappa shape index (κ2) is 4.24. The summed E-state index contributed by atoms with van der Waals surface area (Å²) in [5, 5.41) is 20.2. The molecule has 5 unspecified atom stereocenters. The van der Waals surface area contributed by atoms with Crippen LogP contribution >= 0.6 is 0 Å². The minimum atomic E-state index is -0.173. The van der Waals surface area contributed by atoms with E-state index < -0.39 is 0 Å². The van der Waals surface area contributed by atoms with Crippen molar-refractivity contribution in [1.82, 2.24) is 0 Å². The van der Waals surface area contributed by atoms with Crippen molar-refractivity contribution >= 4 is 0 Å². The van der Waals surface area contributed by atoms with Crippen molar-refractivity contribution in [3.8, 4) is 5.75 Å². The van der Waals surface area contributed by atoms with Gasteiger partial charge in [0.25, 0.3) is 0 Å². The third-order valence-corrected chi connectivity index (χ3v) is 5.92. The Morgan fingerprint density at radius 1 is 1.05 bits per heavy atom. The first-order valence-corrected chi connectivity index (χ1v) is 7.74. The van der Waals surface area contributed by atoms with Crippen LogP contribution in [0.2, 0.25) is 0 Å². The molecule has 0 spiro atoms. The first-order chi connectivity index (χ1) is 9.24. The highest BCUT2D eigenvalue weighted by atomic mass is 16.3. The van der Waals surface area contributed by atoms with E-state index in [-0.39, 0.29) is 6.10 Å². The smallest absolute Gasteiger partial charge is 0.115 e. The molecule has 102 valence electrons. The number of rotatable bonds is 0. The van der Waals surface area contributed by atoms with Gasteiger partial charge in [-0.25, -0.2) is 0 Å². The number of fused-ring (bicyclic) bond motifs is 5. The molecular weight excluding hydrogens is 236 g/mol. The van der Waals surface area contributed by atoms with Crippen LogP contribution in [0.1, 0.15) is 49.1 Å². The monoisotopic (exact) mass is 258 g/mol. The Morgan fingerprint density at radius 3 is 2.84 bits per heavy atom. The van der Waals surface area contributed by atoms with Gasteiger partial charge >= 0.3 is 0 Å². The highest BCUT2D eigenvalue weighted by Crippen LogP contribution is 2.55. The zero-order chi connectivity index (χ0) is 13.0. The van der Waals surface area contributed by atoms with Gasteiger partial charge in [0.1, 0.15) is 5.75 Å². The molecule has 1 aromatic rings. The van der Waals surface area contributed by atoms with Gasteiger partial charge in [-0.3, -0.25) is 0 Å². The summed E-state index contributed by atoms with van der Waals surface area (Å²) in [5.74, 6) is 2.98. The predicted molar refractivity (Wildman–Crippen MR) is 74.1 cm³/mol. The Bertz CT molecular complexity index is 496. The number of hydrogen-bond acceptors (Lipinski definition) is 2. The molecule has 0 bridgehead atoms. The van der Waals surface area contributed by atoms with E-state index in [1.54, 1.807) is 6.07 Å². The van der Waals surface area contributed by atoms with E-state index in [2.05, 4.69) is 6.07 Å². The SMILES string of the molecule is Oc1ccc2c(c1)CCC1C3CCCC3CC(O)C21. The summed E-state index contributed by atoms with van der Waals surface area (Å²) in [6, 6.07) is 5.74. The van der Waals surface area contributed by atoms with Crippen LogP contribution in [0.3, 0.4) is 0 Å². The summed E-state index contributed by atoms with van der Waals surface area (Å²) < 4.78 is 0. The van der Waals surface area contributed by atoms with E-state index >= 15 is 0 Å². The maximum Gasteiger partial charge on any atom is 0.115 e. The van der Waals surface area contributed by atoms with E-state index in [0.29, 0.717) is 17.6 Å². The number of aryl methyl sites for hydroxylation is 1. The molecule has 1 aromatic carbocycles. The highest BCUT2D eigenvalue weighted by molar-refractivity contribution is 5.40. The Kier molecular flexibility index (Phi) is 2.63. The molecule has 3 aliphatic carbocycles. The third-order valence-electron chi connectivity index (χ3n) is 5.92. The van der Waals surface area contributed by atoms with Crippen LogP contribution in [-0.2, 0) is 6.42 Å². The Hall–Kier alpha value is -1.02. The van der Waals surface area contributed by atoms with Gasteiger partial charge < -0.3 is 10.2 Å². The van der Waals surface area contributed by atoms with Crippen molar-refractivity contribution in [2.75, 3.05) is 0 Å². The largest absolute Gasteiger partial charge is 0.508 e. The first kappa shape index (κ1) is 11.8. The molecule has 2 nitrogen and oxygen atoms in total.